The molecule has 154 valence electrons. The zero-order chi connectivity index (χ0) is 21.1. The van der Waals surface area contributed by atoms with Gasteiger partial charge in [-0.15, -0.1) is 0 Å². The smallest absolute Gasteiger partial charge is 0.419 e. The van der Waals surface area contributed by atoms with Gasteiger partial charge in [0.2, 0.25) is 5.91 Å². The highest BCUT2D eigenvalue weighted by atomic mass is 19.4. The number of amides is 1. The molecule has 3 rings (SSSR count). The maximum atomic E-state index is 13.6. The number of alkyl halides is 3. The lowest BCUT2D eigenvalue weighted by atomic mass is 9.82. The molecule has 1 aliphatic heterocycles. The van der Waals surface area contributed by atoms with Crippen LogP contribution in [0.25, 0.3) is 0 Å². The Morgan fingerprint density at radius 3 is 2.59 bits per heavy atom. The summed E-state index contributed by atoms with van der Waals surface area (Å²) in [4.78, 5) is 13.5. The van der Waals surface area contributed by atoms with Crippen LogP contribution in [0.4, 0.5) is 13.2 Å². The van der Waals surface area contributed by atoms with Crippen molar-refractivity contribution in [2.45, 2.75) is 32.5 Å². The van der Waals surface area contributed by atoms with Gasteiger partial charge in [0.05, 0.1) is 5.56 Å². The van der Waals surface area contributed by atoms with Crippen LogP contribution in [0.15, 0.2) is 61.2 Å². The van der Waals surface area contributed by atoms with Crippen molar-refractivity contribution in [2.24, 2.45) is 5.41 Å². The molecule has 0 saturated carbocycles. The van der Waals surface area contributed by atoms with Crippen LogP contribution in [-0.2, 0) is 24.0 Å². The Hall–Kier alpha value is -2.76. The Labute approximate surface area is 168 Å². The second-order valence-electron chi connectivity index (χ2n) is 7.80. The van der Waals surface area contributed by atoms with Gasteiger partial charge in [0.15, 0.2) is 0 Å². The molecule has 1 atom stereocenters. The van der Waals surface area contributed by atoms with Crippen molar-refractivity contribution in [1.82, 2.24) is 4.90 Å². The molecule has 1 heterocycles. The number of benzene rings is 2. The van der Waals surface area contributed by atoms with E-state index < -0.39 is 11.7 Å². The summed E-state index contributed by atoms with van der Waals surface area (Å²) in [6.07, 6.45) is -2.05. The van der Waals surface area contributed by atoms with E-state index in [1.807, 2.05) is 25.1 Å². The Morgan fingerprint density at radius 1 is 1.21 bits per heavy atom. The SMILES string of the molecule is C=CC(=O)N1CCC(C)(Cc2ccc(OCc3ccccc3)c(C(F)(F)F)c2)C1. The van der Waals surface area contributed by atoms with Crippen molar-refractivity contribution in [1.29, 1.82) is 0 Å². The van der Waals surface area contributed by atoms with E-state index in [-0.39, 0.29) is 23.7 Å². The van der Waals surface area contributed by atoms with E-state index in [0.717, 1.165) is 12.0 Å². The third kappa shape index (κ3) is 5.19. The van der Waals surface area contributed by atoms with Crippen molar-refractivity contribution in [3.8, 4) is 5.75 Å². The molecular formula is C23H24F3NO2. The summed E-state index contributed by atoms with van der Waals surface area (Å²) in [6.45, 7) is 6.65. The van der Waals surface area contributed by atoms with Crippen molar-refractivity contribution in [3.05, 3.63) is 77.9 Å². The fraction of sp³-hybridized carbons (Fsp3) is 0.348. The Morgan fingerprint density at radius 2 is 1.93 bits per heavy atom. The monoisotopic (exact) mass is 403 g/mol. The Balaban J connectivity index is 1.77. The van der Waals surface area contributed by atoms with Gasteiger partial charge in [0.25, 0.3) is 0 Å². The summed E-state index contributed by atoms with van der Waals surface area (Å²) in [5, 5.41) is 0. The predicted molar refractivity (Wildman–Crippen MR) is 105 cm³/mol. The normalized spacial score (nSPS) is 19.2. The zero-order valence-electron chi connectivity index (χ0n) is 16.3. The van der Waals surface area contributed by atoms with Gasteiger partial charge >= 0.3 is 6.18 Å². The third-order valence-corrected chi connectivity index (χ3v) is 5.26. The highest BCUT2D eigenvalue weighted by molar-refractivity contribution is 5.87. The zero-order valence-corrected chi connectivity index (χ0v) is 16.3. The molecule has 0 aromatic heterocycles. The van der Waals surface area contributed by atoms with Gasteiger partial charge in [0, 0.05) is 13.1 Å². The van der Waals surface area contributed by atoms with Gasteiger partial charge in [-0.25, -0.2) is 0 Å². The average molecular weight is 403 g/mol. The molecule has 0 bridgehead atoms. The lowest BCUT2D eigenvalue weighted by molar-refractivity contribution is -0.139. The molecule has 1 fully saturated rings. The Kier molecular flexibility index (Phi) is 6.01. The first-order valence-electron chi connectivity index (χ1n) is 9.48. The third-order valence-electron chi connectivity index (χ3n) is 5.26. The largest absolute Gasteiger partial charge is 0.488 e. The molecular weight excluding hydrogens is 379 g/mol. The van der Waals surface area contributed by atoms with Crippen LogP contribution in [0.3, 0.4) is 0 Å². The number of halogens is 3. The van der Waals surface area contributed by atoms with Gasteiger partial charge in [-0.2, -0.15) is 13.2 Å². The van der Waals surface area contributed by atoms with E-state index in [2.05, 4.69) is 6.58 Å². The van der Waals surface area contributed by atoms with E-state index in [9.17, 15) is 18.0 Å². The lowest BCUT2D eigenvalue weighted by Gasteiger charge is -2.25. The van der Waals surface area contributed by atoms with Crippen molar-refractivity contribution in [3.63, 3.8) is 0 Å². The minimum Gasteiger partial charge on any atom is -0.488 e. The Bertz CT molecular complexity index is 879. The molecule has 0 N–H and O–H groups in total. The van der Waals surface area contributed by atoms with E-state index in [1.54, 1.807) is 23.1 Å². The van der Waals surface area contributed by atoms with Gasteiger partial charge in [-0.05, 0) is 47.6 Å². The standard InChI is InChI=1S/C23H24F3NO2/c1-3-21(28)27-12-11-22(2,16-27)14-18-9-10-20(19(13-18)23(24,25)26)29-15-17-7-5-4-6-8-17/h3-10,13H,1,11-12,14-16H2,2H3. The van der Waals surface area contributed by atoms with Gasteiger partial charge in [-0.1, -0.05) is 49.9 Å². The van der Waals surface area contributed by atoms with Crippen LogP contribution in [0.5, 0.6) is 5.75 Å². The number of hydrogen-bond donors (Lipinski definition) is 0. The number of likely N-dealkylation sites (tertiary alicyclic amines) is 1. The van der Waals surface area contributed by atoms with Crippen LogP contribution in [0, 0.1) is 5.41 Å². The molecule has 6 heteroatoms. The predicted octanol–water partition coefficient (Wildman–Crippen LogP) is 5.25. The molecule has 1 aliphatic rings. The molecule has 2 aromatic carbocycles. The van der Waals surface area contributed by atoms with Crippen LogP contribution in [-0.4, -0.2) is 23.9 Å². The fourth-order valence-corrected chi connectivity index (χ4v) is 3.75. The number of hydrogen-bond acceptors (Lipinski definition) is 2. The summed E-state index contributed by atoms with van der Waals surface area (Å²) in [6, 6.07) is 13.3. The highest BCUT2D eigenvalue weighted by Gasteiger charge is 2.38. The minimum atomic E-state index is -4.51. The van der Waals surface area contributed by atoms with E-state index in [1.165, 1.54) is 18.2 Å². The number of rotatable bonds is 6. The summed E-state index contributed by atoms with van der Waals surface area (Å²) < 4.78 is 46.4. The molecule has 1 saturated heterocycles. The lowest BCUT2D eigenvalue weighted by Crippen LogP contribution is -2.30. The number of carbonyl (C=O) groups excluding carboxylic acids is 1. The van der Waals surface area contributed by atoms with Crippen molar-refractivity contribution >= 4 is 5.91 Å². The topological polar surface area (TPSA) is 29.5 Å². The number of ether oxygens (including phenoxy) is 1. The van der Waals surface area contributed by atoms with Crippen LogP contribution in [0.2, 0.25) is 0 Å². The average Bonchev–Trinajstić information content (AvgIpc) is 3.08. The quantitative estimate of drug-likeness (QED) is 0.617. The molecule has 1 unspecified atom stereocenters. The second kappa shape index (κ2) is 8.31. The first kappa shape index (κ1) is 21.0. The second-order valence-corrected chi connectivity index (χ2v) is 7.80. The molecule has 29 heavy (non-hydrogen) atoms. The van der Waals surface area contributed by atoms with E-state index in [4.69, 9.17) is 4.74 Å². The summed E-state index contributed by atoms with van der Waals surface area (Å²) >= 11 is 0. The highest BCUT2D eigenvalue weighted by Crippen LogP contribution is 2.40. The maximum absolute atomic E-state index is 13.6. The van der Waals surface area contributed by atoms with Crippen LogP contribution < -0.4 is 4.74 Å². The maximum Gasteiger partial charge on any atom is 0.419 e. The first-order valence-corrected chi connectivity index (χ1v) is 9.48. The fourth-order valence-electron chi connectivity index (χ4n) is 3.75. The number of nitrogens with zero attached hydrogens (tertiary/aromatic N) is 1. The summed E-state index contributed by atoms with van der Waals surface area (Å²) in [5.41, 5.74) is 0.343. The molecule has 0 radical (unpaired) electrons. The van der Waals surface area contributed by atoms with Crippen molar-refractivity contribution < 1.29 is 22.7 Å². The van der Waals surface area contributed by atoms with Gasteiger partial charge < -0.3 is 9.64 Å². The van der Waals surface area contributed by atoms with Crippen molar-refractivity contribution in [2.75, 3.05) is 13.1 Å². The van der Waals surface area contributed by atoms with Gasteiger partial charge in [0.1, 0.15) is 12.4 Å². The van der Waals surface area contributed by atoms with E-state index >= 15 is 0 Å². The molecule has 0 aliphatic carbocycles. The van der Waals surface area contributed by atoms with Crippen LogP contribution in [0.1, 0.15) is 30.0 Å². The van der Waals surface area contributed by atoms with E-state index in [0.29, 0.717) is 25.1 Å². The molecule has 1 amide bonds. The molecule has 3 nitrogen and oxygen atoms in total. The van der Waals surface area contributed by atoms with Crippen LogP contribution >= 0.6 is 0 Å². The molecule has 2 aromatic rings. The summed E-state index contributed by atoms with van der Waals surface area (Å²) in [5.74, 6) is -0.320. The van der Waals surface area contributed by atoms with Gasteiger partial charge in [-0.3, -0.25) is 4.79 Å². The molecule has 0 spiro atoms. The number of carbonyl (C=O) groups is 1. The minimum absolute atomic E-state index is 0.0691. The first-order chi connectivity index (χ1) is 13.7. The summed E-state index contributed by atoms with van der Waals surface area (Å²) in [7, 11) is 0.